The predicted molar refractivity (Wildman–Crippen MR) is 152 cm³/mol. The molecule has 1 saturated heterocycles. The van der Waals surface area contributed by atoms with E-state index in [1.807, 2.05) is 19.1 Å². The van der Waals surface area contributed by atoms with Crippen molar-refractivity contribution in [3.05, 3.63) is 76.7 Å². The first-order chi connectivity index (χ1) is 18.6. The van der Waals surface area contributed by atoms with Crippen LogP contribution in [-0.2, 0) is 19.7 Å². The molecule has 2 aromatic carbocycles. The molecule has 0 radical (unpaired) electrons. The molecule has 2 aliphatic heterocycles. The fourth-order valence-electron chi connectivity index (χ4n) is 5.16. The molecule has 39 heavy (non-hydrogen) atoms. The van der Waals surface area contributed by atoms with E-state index in [1.165, 1.54) is 12.1 Å². The number of benzene rings is 2. The molecule has 1 aromatic heterocycles. The molecular weight excluding hydrogens is 515 g/mol. The number of hydrogen-bond donors (Lipinski definition) is 1. The number of thioether (sulfide) groups is 1. The number of hydrogen-bond acceptors (Lipinski definition) is 5. The van der Waals surface area contributed by atoms with Crippen molar-refractivity contribution in [3.63, 3.8) is 0 Å². The standard InChI is InChI=1S/C30H35FN4O3S/c1-19-7-5-8-20(15-19)27-26-28(30(2,3)4)33-35(22-12-10-21(31)11-13-22)29(26)34(25(37)18-39-27)17-24(36)32-16-23-9-6-14-38-23/h5,7-8,10-13,15,23,27H,6,9,14,16-18H2,1-4H3,(H,32,36)/t23-,27-/m1/s1. The highest BCUT2D eigenvalue weighted by atomic mass is 32.2. The van der Waals surface area contributed by atoms with Gasteiger partial charge in [0.05, 0.1) is 28.5 Å². The summed E-state index contributed by atoms with van der Waals surface area (Å²) in [6.45, 7) is 9.30. The summed E-state index contributed by atoms with van der Waals surface area (Å²) in [5, 5.41) is 7.82. The van der Waals surface area contributed by atoms with Crippen molar-refractivity contribution in [2.24, 2.45) is 0 Å². The number of nitrogens with one attached hydrogen (secondary N) is 1. The Morgan fingerprint density at radius 2 is 1.97 bits per heavy atom. The van der Waals surface area contributed by atoms with Gasteiger partial charge in [-0.25, -0.2) is 9.07 Å². The smallest absolute Gasteiger partial charge is 0.240 e. The summed E-state index contributed by atoms with van der Waals surface area (Å²) in [5.74, 6) is -0.0254. The third kappa shape index (κ3) is 5.89. The molecule has 206 valence electrons. The molecule has 0 aliphatic carbocycles. The summed E-state index contributed by atoms with van der Waals surface area (Å²) in [6.07, 6.45) is 1.90. The Bertz CT molecular complexity index is 1360. The van der Waals surface area contributed by atoms with Gasteiger partial charge in [0.1, 0.15) is 18.2 Å². The minimum Gasteiger partial charge on any atom is -0.376 e. The van der Waals surface area contributed by atoms with Gasteiger partial charge in [-0.05, 0) is 49.6 Å². The maximum atomic E-state index is 13.9. The molecule has 2 amide bonds. The molecule has 0 bridgehead atoms. The number of aromatic nitrogens is 2. The van der Waals surface area contributed by atoms with Gasteiger partial charge in [0, 0.05) is 24.1 Å². The van der Waals surface area contributed by atoms with Crippen LogP contribution in [0.4, 0.5) is 10.2 Å². The number of aryl methyl sites for hydroxylation is 1. The lowest BCUT2D eigenvalue weighted by molar-refractivity contribution is -0.123. The maximum Gasteiger partial charge on any atom is 0.240 e. The number of ether oxygens (including phenoxy) is 1. The number of halogens is 1. The minimum atomic E-state index is -0.362. The van der Waals surface area contributed by atoms with Crippen LogP contribution in [0.25, 0.3) is 5.69 Å². The number of carbonyl (C=O) groups excluding carboxylic acids is 2. The number of rotatable bonds is 6. The summed E-state index contributed by atoms with van der Waals surface area (Å²) in [7, 11) is 0. The zero-order valence-electron chi connectivity index (χ0n) is 22.9. The zero-order chi connectivity index (χ0) is 27.7. The van der Waals surface area contributed by atoms with Gasteiger partial charge in [-0.15, -0.1) is 11.8 Å². The third-order valence-electron chi connectivity index (χ3n) is 7.07. The summed E-state index contributed by atoms with van der Waals surface area (Å²) in [5.41, 5.74) is 4.19. The average molecular weight is 551 g/mol. The van der Waals surface area contributed by atoms with Crippen LogP contribution in [0.2, 0.25) is 0 Å². The number of fused-ring (bicyclic) bond motifs is 1. The van der Waals surface area contributed by atoms with E-state index in [1.54, 1.807) is 33.5 Å². The van der Waals surface area contributed by atoms with Crippen LogP contribution in [-0.4, -0.2) is 53.1 Å². The topological polar surface area (TPSA) is 76.5 Å². The Labute approximate surface area is 233 Å². The quantitative estimate of drug-likeness (QED) is 0.463. The second-order valence-corrected chi connectivity index (χ2v) is 12.3. The molecule has 0 unspecified atom stereocenters. The van der Waals surface area contributed by atoms with E-state index in [-0.39, 0.29) is 46.7 Å². The van der Waals surface area contributed by atoms with Crippen molar-refractivity contribution in [2.45, 2.75) is 57.3 Å². The molecule has 5 rings (SSSR count). The molecule has 1 fully saturated rings. The first-order valence-electron chi connectivity index (χ1n) is 13.4. The van der Waals surface area contributed by atoms with Crippen LogP contribution < -0.4 is 10.2 Å². The Hall–Kier alpha value is -3.17. The summed E-state index contributed by atoms with van der Waals surface area (Å²) < 4.78 is 21.2. The van der Waals surface area contributed by atoms with Crippen LogP contribution in [0.1, 0.15) is 61.2 Å². The van der Waals surface area contributed by atoms with Gasteiger partial charge in [-0.2, -0.15) is 5.10 Å². The minimum absolute atomic E-state index is 0.00263. The Balaban J connectivity index is 1.65. The van der Waals surface area contributed by atoms with Crippen LogP contribution in [0, 0.1) is 12.7 Å². The highest BCUT2D eigenvalue weighted by molar-refractivity contribution is 8.00. The Morgan fingerprint density at radius 3 is 2.64 bits per heavy atom. The number of nitrogens with zero attached hydrogens (tertiary/aromatic N) is 3. The van der Waals surface area contributed by atoms with Crippen LogP contribution in [0.3, 0.4) is 0 Å². The third-order valence-corrected chi connectivity index (χ3v) is 8.32. The maximum absolute atomic E-state index is 13.9. The van der Waals surface area contributed by atoms with E-state index in [0.717, 1.165) is 35.2 Å². The van der Waals surface area contributed by atoms with E-state index < -0.39 is 0 Å². The van der Waals surface area contributed by atoms with Crippen LogP contribution >= 0.6 is 11.8 Å². The molecule has 0 saturated carbocycles. The van der Waals surface area contributed by atoms with Gasteiger partial charge in [-0.3, -0.25) is 14.5 Å². The largest absolute Gasteiger partial charge is 0.376 e. The zero-order valence-corrected chi connectivity index (χ0v) is 23.7. The van der Waals surface area contributed by atoms with Gasteiger partial charge >= 0.3 is 0 Å². The van der Waals surface area contributed by atoms with Gasteiger partial charge in [0.15, 0.2) is 0 Å². The molecule has 2 atom stereocenters. The summed E-state index contributed by atoms with van der Waals surface area (Å²) in [4.78, 5) is 28.4. The van der Waals surface area contributed by atoms with E-state index >= 15 is 0 Å². The van der Waals surface area contributed by atoms with E-state index in [4.69, 9.17) is 9.84 Å². The molecule has 9 heteroatoms. The van der Waals surface area contributed by atoms with E-state index in [2.05, 4.69) is 38.2 Å². The fourth-order valence-corrected chi connectivity index (χ4v) is 6.35. The van der Waals surface area contributed by atoms with Crippen molar-refractivity contribution in [1.29, 1.82) is 0 Å². The lowest BCUT2D eigenvalue weighted by Crippen LogP contribution is -2.44. The van der Waals surface area contributed by atoms with Gasteiger partial charge in [0.25, 0.3) is 0 Å². The first kappa shape index (κ1) is 27.4. The molecule has 1 N–H and O–H groups in total. The molecule has 3 aromatic rings. The van der Waals surface area contributed by atoms with E-state index in [9.17, 15) is 14.0 Å². The summed E-state index contributed by atoms with van der Waals surface area (Å²) in [6, 6.07) is 14.3. The molecule has 2 aliphatic rings. The molecule has 3 heterocycles. The fraction of sp³-hybridized carbons (Fsp3) is 0.433. The molecule has 7 nitrogen and oxygen atoms in total. The van der Waals surface area contributed by atoms with Crippen molar-refractivity contribution < 1.29 is 18.7 Å². The lowest BCUT2D eigenvalue weighted by atomic mass is 9.87. The monoisotopic (exact) mass is 550 g/mol. The van der Waals surface area contributed by atoms with Gasteiger partial charge < -0.3 is 10.1 Å². The highest BCUT2D eigenvalue weighted by Gasteiger charge is 2.40. The number of amides is 2. The molecule has 0 spiro atoms. The Kier molecular flexibility index (Phi) is 7.82. The Morgan fingerprint density at radius 1 is 1.21 bits per heavy atom. The second-order valence-electron chi connectivity index (χ2n) is 11.2. The van der Waals surface area contributed by atoms with Crippen molar-refractivity contribution in [1.82, 2.24) is 15.1 Å². The highest BCUT2D eigenvalue weighted by Crippen LogP contribution is 2.48. The normalized spacial score (nSPS) is 19.6. The van der Waals surface area contributed by atoms with Gasteiger partial charge in [0.2, 0.25) is 11.8 Å². The summed E-state index contributed by atoms with van der Waals surface area (Å²) >= 11 is 1.55. The SMILES string of the molecule is Cc1cccc([C@H]2SCC(=O)N(CC(=O)NC[C@H]3CCCO3)c3c2c(C(C)(C)C)nn3-c2ccc(F)cc2)c1. The lowest BCUT2D eigenvalue weighted by Gasteiger charge is -2.25. The van der Waals surface area contributed by atoms with Crippen molar-refractivity contribution >= 4 is 29.4 Å². The second kappa shape index (κ2) is 11.1. The van der Waals surface area contributed by atoms with Crippen LogP contribution in [0.5, 0.6) is 0 Å². The first-order valence-corrected chi connectivity index (χ1v) is 14.4. The molecular formula is C30H35FN4O3S. The predicted octanol–water partition coefficient (Wildman–Crippen LogP) is 5.08. The van der Waals surface area contributed by atoms with Crippen molar-refractivity contribution in [2.75, 3.05) is 30.3 Å². The number of carbonyl (C=O) groups is 2. The van der Waals surface area contributed by atoms with E-state index in [0.29, 0.717) is 24.7 Å². The average Bonchev–Trinajstić information content (AvgIpc) is 3.52. The van der Waals surface area contributed by atoms with Crippen molar-refractivity contribution in [3.8, 4) is 5.69 Å². The van der Waals surface area contributed by atoms with Gasteiger partial charge in [-0.1, -0.05) is 50.6 Å². The number of anilines is 1. The van der Waals surface area contributed by atoms with Crippen LogP contribution in [0.15, 0.2) is 48.5 Å².